The monoisotopic (exact) mass is 452 g/mol. The molecular weight excluding hydrogens is 433 g/mol. The third-order valence-electron chi connectivity index (χ3n) is 4.30. The van der Waals surface area contributed by atoms with Crippen LogP contribution in [0.5, 0.6) is 0 Å². The van der Waals surface area contributed by atoms with Gasteiger partial charge in [-0.1, -0.05) is 5.16 Å². The fourth-order valence-corrected chi connectivity index (χ4v) is 3.48. The van der Waals surface area contributed by atoms with E-state index in [0.717, 1.165) is 0 Å². The Hall–Kier alpha value is -3.08. The molecule has 0 amide bonds. The van der Waals surface area contributed by atoms with Gasteiger partial charge >= 0.3 is 11.5 Å². The molecule has 164 valence electrons. The number of ether oxygens (including phenoxy) is 1. The summed E-state index contributed by atoms with van der Waals surface area (Å²) in [4.78, 5) is 26.4. The molecule has 7 nitrogen and oxygen atoms in total. The minimum atomic E-state index is -4.41. The number of carbonyl (C=O) groups is 1. The average Bonchev–Trinajstić information content (AvgIpc) is 3.05. The van der Waals surface area contributed by atoms with Crippen LogP contribution in [0.2, 0.25) is 0 Å². The van der Waals surface area contributed by atoms with Gasteiger partial charge in [-0.2, -0.15) is 13.2 Å². The largest absolute Gasteiger partial charge is 0.465 e. The number of esters is 1. The maximum absolute atomic E-state index is 12.7. The quantitative estimate of drug-likeness (QED) is 0.232. The SMILES string of the molecule is CCO/N=C(\C)c1ccc(C(=O)OC)c(-c2nc3cc(SC(F)(F)F)ccc3n2C)n1. The molecule has 0 atom stereocenters. The number of hydrogen-bond donors (Lipinski definition) is 0. The van der Waals surface area contributed by atoms with E-state index in [0.29, 0.717) is 34.9 Å². The maximum Gasteiger partial charge on any atom is 0.446 e. The van der Waals surface area contributed by atoms with Crippen LogP contribution in [-0.2, 0) is 16.6 Å². The number of fused-ring (bicyclic) bond motifs is 1. The van der Waals surface area contributed by atoms with Crippen molar-refractivity contribution in [2.24, 2.45) is 12.2 Å². The van der Waals surface area contributed by atoms with Gasteiger partial charge in [-0.3, -0.25) is 0 Å². The zero-order valence-electron chi connectivity index (χ0n) is 17.1. The predicted molar refractivity (Wildman–Crippen MR) is 111 cm³/mol. The number of aryl methyl sites for hydroxylation is 1. The van der Waals surface area contributed by atoms with Crippen molar-refractivity contribution in [3.8, 4) is 11.5 Å². The Morgan fingerprint density at radius 2 is 1.97 bits per heavy atom. The van der Waals surface area contributed by atoms with Crippen molar-refractivity contribution in [1.29, 1.82) is 0 Å². The van der Waals surface area contributed by atoms with E-state index in [1.165, 1.54) is 19.2 Å². The molecule has 0 saturated carbocycles. The highest BCUT2D eigenvalue weighted by molar-refractivity contribution is 8.00. The molecule has 0 radical (unpaired) electrons. The number of rotatable bonds is 6. The molecule has 0 unspecified atom stereocenters. The van der Waals surface area contributed by atoms with E-state index in [9.17, 15) is 18.0 Å². The van der Waals surface area contributed by atoms with Crippen LogP contribution in [0.15, 0.2) is 40.4 Å². The van der Waals surface area contributed by atoms with Crippen LogP contribution in [0.3, 0.4) is 0 Å². The number of imidazole rings is 1. The highest BCUT2D eigenvalue weighted by Crippen LogP contribution is 2.38. The van der Waals surface area contributed by atoms with Gasteiger partial charge in [0, 0.05) is 11.9 Å². The van der Waals surface area contributed by atoms with Gasteiger partial charge in [-0.25, -0.2) is 14.8 Å². The third-order valence-corrected chi connectivity index (χ3v) is 5.02. The van der Waals surface area contributed by atoms with Crippen molar-refractivity contribution < 1.29 is 27.5 Å². The van der Waals surface area contributed by atoms with Gasteiger partial charge in [-0.05, 0) is 55.9 Å². The molecule has 0 aliphatic carbocycles. The lowest BCUT2D eigenvalue weighted by Gasteiger charge is -2.10. The number of nitrogens with zero attached hydrogens (tertiary/aromatic N) is 4. The standard InChI is InChI=1S/C20H19F3N4O3S/c1-5-30-26-11(2)14-8-7-13(19(28)29-4)17(24-14)18-25-15-10-12(31-20(21,22)23)6-9-16(15)27(18)3/h6-10H,5H2,1-4H3/b26-11+. The molecule has 0 aliphatic heterocycles. The fraction of sp³-hybridized carbons (Fsp3) is 0.300. The molecule has 0 aliphatic rings. The van der Waals surface area contributed by atoms with E-state index >= 15 is 0 Å². The molecule has 3 rings (SSSR count). The number of methoxy groups -OCH3 is 1. The second-order valence-electron chi connectivity index (χ2n) is 6.37. The van der Waals surface area contributed by atoms with E-state index in [4.69, 9.17) is 9.57 Å². The van der Waals surface area contributed by atoms with Gasteiger partial charge in [0.25, 0.3) is 0 Å². The van der Waals surface area contributed by atoms with Crippen molar-refractivity contribution in [1.82, 2.24) is 14.5 Å². The van der Waals surface area contributed by atoms with E-state index in [2.05, 4.69) is 15.1 Å². The highest BCUT2D eigenvalue weighted by Gasteiger charge is 2.29. The number of alkyl halides is 3. The summed E-state index contributed by atoms with van der Waals surface area (Å²) in [5.41, 5.74) is -2.15. The number of hydrogen-bond acceptors (Lipinski definition) is 7. The number of pyridine rings is 1. The van der Waals surface area contributed by atoms with Gasteiger partial charge in [0.15, 0.2) is 5.82 Å². The predicted octanol–water partition coefficient (Wildman–Crippen LogP) is 4.79. The molecular formula is C20H19F3N4O3S. The van der Waals surface area contributed by atoms with Crippen molar-refractivity contribution in [3.05, 3.63) is 41.6 Å². The summed E-state index contributed by atoms with van der Waals surface area (Å²) in [6.45, 7) is 3.88. The van der Waals surface area contributed by atoms with Gasteiger partial charge in [0.05, 0.1) is 29.4 Å². The normalized spacial score (nSPS) is 12.3. The van der Waals surface area contributed by atoms with Gasteiger partial charge in [0.1, 0.15) is 18.0 Å². The van der Waals surface area contributed by atoms with E-state index in [1.807, 2.05) is 0 Å². The number of halogens is 3. The Labute approximate surface area is 180 Å². The minimum Gasteiger partial charge on any atom is -0.465 e. The molecule has 0 spiro atoms. The Morgan fingerprint density at radius 3 is 2.61 bits per heavy atom. The molecule has 11 heteroatoms. The van der Waals surface area contributed by atoms with E-state index in [-0.39, 0.29) is 27.9 Å². The summed E-state index contributed by atoms with van der Waals surface area (Å²) < 4.78 is 44.7. The van der Waals surface area contributed by atoms with Crippen LogP contribution >= 0.6 is 11.8 Å². The molecule has 3 aromatic rings. The smallest absolute Gasteiger partial charge is 0.446 e. The maximum atomic E-state index is 12.7. The number of oxime groups is 1. The first-order chi connectivity index (χ1) is 14.6. The number of thioether (sulfide) groups is 1. The van der Waals surface area contributed by atoms with Crippen molar-refractivity contribution in [2.45, 2.75) is 24.3 Å². The Kier molecular flexibility index (Phi) is 6.54. The molecule has 1 aromatic carbocycles. The van der Waals surface area contributed by atoms with Crippen molar-refractivity contribution in [3.63, 3.8) is 0 Å². The molecule has 31 heavy (non-hydrogen) atoms. The Balaban J connectivity index is 2.17. The number of benzene rings is 1. The van der Waals surface area contributed by atoms with E-state index < -0.39 is 11.5 Å². The molecule has 0 N–H and O–H groups in total. The van der Waals surface area contributed by atoms with Crippen molar-refractivity contribution >= 4 is 34.5 Å². The second kappa shape index (κ2) is 8.96. The van der Waals surface area contributed by atoms with Gasteiger partial charge in [-0.15, -0.1) is 0 Å². The average molecular weight is 452 g/mol. The highest BCUT2D eigenvalue weighted by atomic mass is 32.2. The molecule has 0 bridgehead atoms. The van der Waals surface area contributed by atoms with E-state index in [1.54, 1.807) is 43.7 Å². The number of carbonyl (C=O) groups excluding carboxylic acids is 1. The lowest BCUT2D eigenvalue weighted by Crippen LogP contribution is -2.10. The summed E-state index contributed by atoms with van der Waals surface area (Å²) in [6, 6.07) is 7.41. The first-order valence-electron chi connectivity index (χ1n) is 9.13. The summed E-state index contributed by atoms with van der Waals surface area (Å²) in [6.07, 6.45) is 0. The molecule has 0 fully saturated rings. The van der Waals surface area contributed by atoms with Gasteiger partial charge < -0.3 is 14.1 Å². The summed E-state index contributed by atoms with van der Waals surface area (Å²) in [5, 5.41) is 3.95. The zero-order chi connectivity index (χ0) is 22.8. The van der Waals surface area contributed by atoms with Crippen LogP contribution in [0, 0.1) is 0 Å². The molecule has 0 saturated heterocycles. The Morgan fingerprint density at radius 1 is 1.23 bits per heavy atom. The van der Waals surface area contributed by atoms with Gasteiger partial charge in [0.2, 0.25) is 0 Å². The van der Waals surface area contributed by atoms with Crippen LogP contribution in [0.25, 0.3) is 22.6 Å². The number of aromatic nitrogens is 3. The first-order valence-corrected chi connectivity index (χ1v) is 9.95. The summed E-state index contributed by atoms with van der Waals surface area (Å²) >= 11 is -0.217. The molecule has 2 aromatic heterocycles. The zero-order valence-corrected chi connectivity index (χ0v) is 18.0. The van der Waals surface area contributed by atoms with Crippen LogP contribution in [0.1, 0.15) is 29.9 Å². The summed E-state index contributed by atoms with van der Waals surface area (Å²) in [7, 11) is 2.94. The topological polar surface area (TPSA) is 78.6 Å². The summed E-state index contributed by atoms with van der Waals surface area (Å²) in [5.74, 6) is -0.315. The van der Waals surface area contributed by atoms with Crippen LogP contribution < -0.4 is 0 Å². The fourth-order valence-electron chi connectivity index (χ4n) is 2.90. The molecule has 2 heterocycles. The lowest BCUT2D eigenvalue weighted by atomic mass is 10.1. The van der Waals surface area contributed by atoms with Crippen LogP contribution in [0.4, 0.5) is 13.2 Å². The van der Waals surface area contributed by atoms with Crippen molar-refractivity contribution in [2.75, 3.05) is 13.7 Å². The minimum absolute atomic E-state index is 0.0132. The lowest BCUT2D eigenvalue weighted by molar-refractivity contribution is -0.0328. The third kappa shape index (κ3) is 4.98. The Bertz CT molecular complexity index is 1160. The second-order valence-corrected chi connectivity index (χ2v) is 7.51. The first kappa shape index (κ1) is 22.6. The van der Waals surface area contributed by atoms with Crippen LogP contribution in [-0.4, -0.2) is 45.4 Å².